The Morgan fingerprint density at radius 2 is 2.36 bits per heavy atom. The number of hydrogen-bond acceptors (Lipinski definition) is 2. The summed E-state index contributed by atoms with van der Waals surface area (Å²) in [6.45, 7) is 1.82. The minimum Gasteiger partial charge on any atom is -0.358 e. The number of hydrogen-bond donors (Lipinski definition) is 1. The lowest BCUT2D eigenvalue weighted by molar-refractivity contribution is -0.118. The van der Waals surface area contributed by atoms with Crippen molar-refractivity contribution >= 4 is 17.7 Å². The molecule has 11 heavy (non-hydrogen) atoms. The molecule has 0 aliphatic rings. The molecule has 0 saturated heterocycles. The molecule has 0 aromatic rings. The van der Waals surface area contributed by atoms with Crippen LogP contribution in [0.5, 0.6) is 0 Å². The van der Waals surface area contributed by atoms with Gasteiger partial charge in [-0.3, -0.25) is 4.79 Å². The van der Waals surface area contributed by atoms with Crippen molar-refractivity contribution in [2.24, 2.45) is 0 Å². The fourth-order valence-corrected chi connectivity index (χ4v) is 1.21. The lowest BCUT2D eigenvalue weighted by Crippen LogP contribution is -2.19. The Hall–Kier alpha value is -0.620. The Morgan fingerprint density at radius 3 is 2.91 bits per heavy atom. The second-order valence-corrected chi connectivity index (χ2v) is 3.01. The van der Waals surface area contributed by atoms with E-state index in [9.17, 15) is 4.79 Å². The van der Waals surface area contributed by atoms with Gasteiger partial charge in [0, 0.05) is 19.2 Å². The standard InChI is InChI=1S/C8H13NOS/c1-3-4-5-6-11-7-8(10)9-2/h5-7H2,1-2H3,(H,9,10). The van der Waals surface area contributed by atoms with E-state index >= 15 is 0 Å². The second kappa shape index (κ2) is 7.49. The molecule has 0 radical (unpaired) electrons. The third kappa shape index (κ3) is 7.27. The predicted molar refractivity (Wildman–Crippen MR) is 49.5 cm³/mol. The Morgan fingerprint density at radius 1 is 1.64 bits per heavy atom. The second-order valence-electron chi connectivity index (χ2n) is 1.90. The Bertz CT molecular complexity index is 169. The van der Waals surface area contributed by atoms with Gasteiger partial charge in [-0.25, -0.2) is 0 Å². The van der Waals surface area contributed by atoms with E-state index in [1.54, 1.807) is 18.8 Å². The van der Waals surface area contributed by atoms with Gasteiger partial charge >= 0.3 is 0 Å². The smallest absolute Gasteiger partial charge is 0.229 e. The first-order valence-corrected chi connectivity index (χ1v) is 4.64. The predicted octanol–water partition coefficient (Wildman–Crippen LogP) is 0.879. The van der Waals surface area contributed by atoms with Crippen LogP contribution < -0.4 is 5.32 Å². The van der Waals surface area contributed by atoms with Crippen molar-refractivity contribution in [3.05, 3.63) is 0 Å². The highest BCUT2D eigenvalue weighted by Gasteiger charge is 1.95. The van der Waals surface area contributed by atoms with Crippen LogP contribution in [0.4, 0.5) is 0 Å². The molecule has 2 nitrogen and oxygen atoms in total. The van der Waals surface area contributed by atoms with Gasteiger partial charge in [-0.15, -0.1) is 11.8 Å². The van der Waals surface area contributed by atoms with E-state index in [1.165, 1.54) is 0 Å². The van der Waals surface area contributed by atoms with Crippen molar-refractivity contribution in [1.29, 1.82) is 0 Å². The van der Waals surface area contributed by atoms with Gasteiger partial charge in [0.25, 0.3) is 0 Å². The molecule has 62 valence electrons. The maximum Gasteiger partial charge on any atom is 0.229 e. The molecule has 0 fully saturated rings. The summed E-state index contributed by atoms with van der Waals surface area (Å²) >= 11 is 1.61. The summed E-state index contributed by atoms with van der Waals surface area (Å²) in [4.78, 5) is 10.7. The van der Waals surface area contributed by atoms with Gasteiger partial charge in [-0.2, -0.15) is 11.8 Å². The molecule has 0 aliphatic heterocycles. The molecule has 0 bridgehead atoms. The first kappa shape index (κ1) is 10.4. The molecule has 0 unspecified atom stereocenters. The summed E-state index contributed by atoms with van der Waals surface area (Å²) in [5.74, 6) is 7.31. The molecule has 0 saturated carbocycles. The number of carbonyl (C=O) groups is 1. The van der Waals surface area contributed by atoms with Gasteiger partial charge in [0.15, 0.2) is 0 Å². The van der Waals surface area contributed by atoms with Crippen LogP contribution in [0, 0.1) is 11.8 Å². The summed E-state index contributed by atoms with van der Waals surface area (Å²) < 4.78 is 0. The van der Waals surface area contributed by atoms with Crippen molar-refractivity contribution in [3.63, 3.8) is 0 Å². The van der Waals surface area contributed by atoms with Gasteiger partial charge in [0.05, 0.1) is 5.75 Å². The van der Waals surface area contributed by atoms with E-state index in [0.717, 1.165) is 12.2 Å². The monoisotopic (exact) mass is 171 g/mol. The zero-order valence-corrected chi connectivity index (χ0v) is 7.75. The summed E-state index contributed by atoms with van der Waals surface area (Å²) in [6, 6.07) is 0. The van der Waals surface area contributed by atoms with Crippen molar-refractivity contribution in [2.75, 3.05) is 18.6 Å². The van der Waals surface area contributed by atoms with Gasteiger partial charge in [-0.1, -0.05) is 0 Å². The van der Waals surface area contributed by atoms with Gasteiger partial charge in [-0.05, 0) is 6.92 Å². The summed E-state index contributed by atoms with van der Waals surface area (Å²) in [6.07, 6.45) is 0.873. The zero-order valence-electron chi connectivity index (χ0n) is 6.94. The summed E-state index contributed by atoms with van der Waals surface area (Å²) in [5.41, 5.74) is 0. The normalized spacial score (nSPS) is 8.18. The summed E-state index contributed by atoms with van der Waals surface area (Å²) in [5, 5.41) is 2.56. The molecular weight excluding hydrogens is 158 g/mol. The number of nitrogens with one attached hydrogen (secondary N) is 1. The largest absolute Gasteiger partial charge is 0.358 e. The van der Waals surface area contributed by atoms with Gasteiger partial charge < -0.3 is 5.32 Å². The lowest BCUT2D eigenvalue weighted by atomic mass is 10.5. The third-order valence-electron chi connectivity index (χ3n) is 1.06. The van der Waals surface area contributed by atoms with Crippen LogP contribution in [0.3, 0.4) is 0 Å². The highest BCUT2D eigenvalue weighted by molar-refractivity contribution is 7.99. The minimum absolute atomic E-state index is 0.0828. The van der Waals surface area contributed by atoms with Crippen LogP contribution in [-0.4, -0.2) is 24.5 Å². The van der Waals surface area contributed by atoms with Crippen LogP contribution in [-0.2, 0) is 4.79 Å². The van der Waals surface area contributed by atoms with Gasteiger partial charge in [0.1, 0.15) is 0 Å². The maximum atomic E-state index is 10.7. The Labute approximate surface area is 72.1 Å². The first-order valence-electron chi connectivity index (χ1n) is 3.49. The molecule has 1 amide bonds. The van der Waals surface area contributed by atoms with E-state index in [0.29, 0.717) is 5.75 Å². The topological polar surface area (TPSA) is 29.1 Å². The number of rotatable bonds is 4. The Balaban J connectivity index is 3.12. The average Bonchev–Trinajstić information content (AvgIpc) is 2.04. The van der Waals surface area contributed by atoms with E-state index < -0.39 is 0 Å². The highest BCUT2D eigenvalue weighted by Crippen LogP contribution is 2.00. The Kier molecular flexibility index (Phi) is 7.06. The van der Waals surface area contributed by atoms with Crippen molar-refractivity contribution in [1.82, 2.24) is 5.32 Å². The maximum absolute atomic E-state index is 10.7. The molecule has 0 atom stereocenters. The molecule has 0 heterocycles. The fourth-order valence-electron chi connectivity index (χ4n) is 0.485. The van der Waals surface area contributed by atoms with Crippen LogP contribution in [0.1, 0.15) is 13.3 Å². The number of carbonyl (C=O) groups excluding carboxylic acids is 1. The highest BCUT2D eigenvalue weighted by atomic mass is 32.2. The molecule has 1 N–H and O–H groups in total. The van der Waals surface area contributed by atoms with Crippen LogP contribution in [0.25, 0.3) is 0 Å². The van der Waals surface area contributed by atoms with Crippen molar-refractivity contribution < 1.29 is 4.79 Å². The van der Waals surface area contributed by atoms with Crippen molar-refractivity contribution in [2.45, 2.75) is 13.3 Å². The van der Waals surface area contributed by atoms with E-state index in [4.69, 9.17) is 0 Å². The van der Waals surface area contributed by atoms with E-state index in [2.05, 4.69) is 17.2 Å². The SMILES string of the molecule is CC#CCCSCC(=O)NC. The molecular formula is C8H13NOS. The lowest BCUT2D eigenvalue weighted by Gasteiger charge is -1.96. The summed E-state index contributed by atoms with van der Waals surface area (Å²) in [7, 11) is 1.65. The molecule has 0 rings (SSSR count). The van der Waals surface area contributed by atoms with E-state index in [1.807, 2.05) is 6.92 Å². The van der Waals surface area contributed by atoms with E-state index in [-0.39, 0.29) is 5.91 Å². The third-order valence-corrected chi connectivity index (χ3v) is 2.02. The molecule has 0 aliphatic carbocycles. The van der Waals surface area contributed by atoms with Crippen LogP contribution in [0.2, 0.25) is 0 Å². The van der Waals surface area contributed by atoms with Crippen LogP contribution >= 0.6 is 11.8 Å². The van der Waals surface area contributed by atoms with Gasteiger partial charge in [0.2, 0.25) is 5.91 Å². The molecule has 0 spiro atoms. The average molecular weight is 171 g/mol. The molecule has 0 aromatic carbocycles. The first-order chi connectivity index (χ1) is 5.31. The fraction of sp³-hybridized carbons (Fsp3) is 0.625. The van der Waals surface area contributed by atoms with Crippen molar-refractivity contribution in [3.8, 4) is 11.8 Å². The molecule has 0 aromatic heterocycles. The molecule has 3 heteroatoms. The number of amides is 1. The zero-order chi connectivity index (χ0) is 8.53. The quantitative estimate of drug-likeness (QED) is 0.502. The van der Waals surface area contributed by atoms with Crippen LogP contribution in [0.15, 0.2) is 0 Å². The number of thioether (sulfide) groups is 1. The minimum atomic E-state index is 0.0828.